The van der Waals surface area contributed by atoms with Gasteiger partial charge in [-0.2, -0.15) is 0 Å². The van der Waals surface area contributed by atoms with Crippen molar-refractivity contribution >= 4 is 23.9 Å². The van der Waals surface area contributed by atoms with E-state index in [0.717, 1.165) is 0 Å². The Balaban J connectivity index is 2.15. The molecule has 1 aliphatic rings. The number of rotatable bonds is 4. The number of esters is 2. The molecule has 6 heteroatoms. The van der Waals surface area contributed by atoms with E-state index in [2.05, 4.69) is 10.1 Å². The number of hydrogen-bond acceptors (Lipinski definition) is 5. The zero-order chi connectivity index (χ0) is 18.7. The third-order valence-corrected chi connectivity index (χ3v) is 4.30. The zero-order valence-corrected chi connectivity index (χ0v) is 14.3. The van der Waals surface area contributed by atoms with Gasteiger partial charge in [-0.3, -0.25) is 4.79 Å². The molecule has 1 heterocycles. The highest BCUT2D eigenvalue weighted by Crippen LogP contribution is 2.38. The van der Waals surface area contributed by atoms with E-state index in [9.17, 15) is 14.4 Å². The van der Waals surface area contributed by atoms with Crippen LogP contribution in [-0.2, 0) is 24.6 Å². The van der Waals surface area contributed by atoms with Gasteiger partial charge in [0.25, 0.3) is 5.91 Å². The first kappa shape index (κ1) is 17.4. The highest BCUT2D eigenvalue weighted by molar-refractivity contribution is 6.07. The quantitative estimate of drug-likeness (QED) is 0.673. The summed E-state index contributed by atoms with van der Waals surface area (Å²) in [6.45, 7) is 0. The first-order chi connectivity index (χ1) is 12.5. The molecule has 1 amide bonds. The molecule has 0 bridgehead atoms. The predicted octanol–water partition coefficient (Wildman–Crippen LogP) is 2.03. The Morgan fingerprint density at radius 2 is 1.81 bits per heavy atom. The van der Waals surface area contributed by atoms with Crippen LogP contribution in [0.5, 0.6) is 0 Å². The summed E-state index contributed by atoms with van der Waals surface area (Å²) in [5, 5.41) is 2.77. The minimum absolute atomic E-state index is 0.346. The van der Waals surface area contributed by atoms with Crippen LogP contribution >= 0.6 is 0 Å². The Kier molecular flexibility index (Phi) is 4.58. The van der Waals surface area contributed by atoms with Gasteiger partial charge in [-0.15, -0.1) is 0 Å². The number of fused-ring (bicyclic) bond motifs is 1. The molecule has 0 fully saturated rings. The van der Waals surface area contributed by atoms with Crippen molar-refractivity contribution < 1.29 is 23.9 Å². The van der Waals surface area contributed by atoms with E-state index < -0.39 is 17.5 Å². The topological polar surface area (TPSA) is 81.7 Å². The monoisotopic (exact) mass is 351 g/mol. The number of nitrogens with one attached hydrogen (secondary N) is 1. The minimum Gasteiger partial charge on any atom is -0.467 e. The fourth-order valence-electron chi connectivity index (χ4n) is 3.08. The van der Waals surface area contributed by atoms with Crippen LogP contribution < -0.4 is 5.32 Å². The van der Waals surface area contributed by atoms with Crippen LogP contribution in [0.2, 0.25) is 0 Å². The molecule has 132 valence electrons. The fraction of sp³-hybridized carbons (Fsp3) is 0.150. The van der Waals surface area contributed by atoms with Gasteiger partial charge in [0.1, 0.15) is 0 Å². The summed E-state index contributed by atoms with van der Waals surface area (Å²) in [6, 6.07) is 13.9. The molecule has 1 N–H and O–H groups in total. The van der Waals surface area contributed by atoms with Gasteiger partial charge in [0, 0.05) is 17.2 Å². The van der Waals surface area contributed by atoms with Crippen molar-refractivity contribution in [2.75, 3.05) is 14.2 Å². The summed E-state index contributed by atoms with van der Waals surface area (Å²) in [6.07, 6.45) is 2.86. The first-order valence-corrected chi connectivity index (χ1v) is 7.90. The Labute approximate surface area is 150 Å². The molecule has 1 aliphatic heterocycles. The lowest BCUT2D eigenvalue weighted by Crippen LogP contribution is -2.48. The maximum atomic E-state index is 12.7. The van der Waals surface area contributed by atoms with Crippen LogP contribution in [0.25, 0.3) is 6.08 Å². The lowest BCUT2D eigenvalue weighted by molar-refractivity contribution is -0.146. The van der Waals surface area contributed by atoms with Crippen LogP contribution in [0.15, 0.2) is 54.6 Å². The molecule has 0 aromatic heterocycles. The van der Waals surface area contributed by atoms with E-state index in [-0.39, 0.29) is 5.91 Å². The molecule has 0 aliphatic carbocycles. The van der Waals surface area contributed by atoms with E-state index in [4.69, 9.17) is 4.74 Å². The van der Waals surface area contributed by atoms with Gasteiger partial charge >= 0.3 is 11.9 Å². The zero-order valence-electron chi connectivity index (χ0n) is 14.3. The van der Waals surface area contributed by atoms with Crippen molar-refractivity contribution in [3.63, 3.8) is 0 Å². The summed E-state index contributed by atoms with van der Waals surface area (Å²) < 4.78 is 9.59. The Bertz CT molecular complexity index is 918. The van der Waals surface area contributed by atoms with Gasteiger partial charge in [-0.25, -0.2) is 9.59 Å². The van der Waals surface area contributed by atoms with Crippen molar-refractivity contribution in [2.45, 2.75) is 5.54 Å². The van der Waals surface area contributed by atoms with Gasteiger partial charge in [-0.05, 0) is 29.3 Å². The highest BCUT2D eigenvalue weighted by atomic mass is 16.5. The second-order valence-corrected chi connectivity index (χ2v) is 5.72. The van der Waals surface area contributed by atoms with Crippen molar-refractivity contribution in [1.29, 1.82) is 0 Å². The second-order valence-electron chi connectivity index (χ2n) is 5.72. The van der Waals surface area contributed by atoms with Crippen molar-refractivity contribution in [3.05, 3.63) is 76.9 Å². The van der Waals surface area contributed by atoms with Gasteiger partial charge in [0.2, 0.25) is 0 Å². The number of benzene rings is 2. The lowest BCUT2D eigenvalue weighted by Gasteiger charge is -2.28. The Hall–Kier alpha value is -3.41. The van der Waals surface area contributed by atoms with Crippen LogP contribution in [0.3, 0.4) is 0 Å². The lowest BCUT2D eigenvalue weighted by atomic mass is 9.83. The molecule has 0 saturated heterocycles. The van der Waals surface area contributed by atoms with Gasteiger partial charge in [0.15, 0.2) is 5.54 Å². The smallest absolute Gasteiger partial charge is 0.341 e. The predicted molar refractivity (Wildman–Crippen MR) is 94.2 cm³/mol. The second kappa shape index (κ2) is 6.84. The molecule has 1 unspecified atom stereocenters. The third kappa shape index (κ3) is 2.75. The van der Waals surface area contributed by atoms with Crippen LogP contribution in [-0.4, -0.2) is 32.1 Å². The van der Waals surface area contributed by atoms with E-state index in [0.29, 0.717) is 22.3 Å². The summed E-state index contributed by atoms with van der Waals surface area (Å²) in [5.41, 5.74) is 0.737. The number of methoxy groups -OCH3 is 2. The van der Waals surface area contributed by atoms with E-state index in [1.807, 2.05) is 0 Å². The van der Waals surface area contributed by atoms with E-state index in [1.54, 1.807) is 54.6 Å². The van der Waals surface area contributed by atoms with E-state index in [1.165, 1.54) is 20.3 Å². The standard InChI is InChI=1S/C20H17NO5/c1-25-17(22)11-10-13-6-5-7-14(12-13)20(19(24)26-2)16-9-4-3-8-15(16)18(23)21-20/h3-12H,1-2H3,(H,21,23)/b11-10+. The van der Waals surface area contributed by atoms with Crippen molar-refractivity contribution in [1.82, 2.24) is 5.32 Å². The highest BCUT2D eigenvalue weighted by Gasteiger charge is 2.51. The average Bonchev–Trinajstić information content (AvgIpc) is 2.99. The number of ether oxygens (including phenoxy) is 2. The van der Waals surface area contributed by atoms with Crippen LogP contribution in [0, 0.1) is 0 Å². The fourth-order valence-corrected chi connectivity index (χ4v) is 3.08. The molecule has 2 aromatic carbocycles. The van der Waals surface area contributed by atoms with Crippen molar-refractivity contribution in [3.8, 4) is 0 Å². The normalized spacial score (nSPS) is 18.3. The summed E-state index contributed by atoms with van der Waals surface area (Å²) in [7, 11) is 2.57. The molecular weight excluding hydrogens is 334 g/mol. The molecule has 0 radical (unpaired) electrons. The Morgan fingerprint density at radius 1 is 1.04 bits per heavy atom. The average molecular weight is 351 g/mol. The number of amides is 1. The SMILES string of the molecule is COC(=O)/C=C/c1cccc(C2(C(=O)OC)NC(=O)c3ccccc32)c1. The molecule has 3 rings (SSSR count). The first-order valence-electron chi connectivity index (χ1n) is 7.90. The number of carbonyl (C=O) groups is 3. The van der Waals surface area contributed by atoms with Crippen LogP contribution in [0.4, 0.5) is 0 Å². The Morgan fingerprint density at radius 3 is 2.54 bits per heavy atom. The van der Waals surface area contributed by atoms with Crippen LogP contribution in [0.1, 0.15) is 27.0 Å². The third-order valence-electron chi connectivity index (χ3n) is 4.30. The maximum absolute atomic E-state index is 12.7. The summed E-state index contributed by atoms with van der Waals surface area (Å²) >= 11 is 0. The van der Waals surface area contributed by atoms with E-state index >= 15 is 0 Å². The van der Waals surface area contributed by atoms with Gasteiger partial charge in [-0.1, -0.05) is 36.4 Å². The van der Waals surface area contributed by atoms with Gasteiger partial charge < -0.3 is 14.8 Å². The van der Waals surface area contributed by atoms with Gasteiger partial charge in [0.05, 0.1) is 14.2 Å². The minimum atomic E-state index is -1.43. The van der Waals surface area contributed by atoms with Crippen molar-refractivity contribution in [2.24, 2.45) is 0 Å². The molecule has 2 aromatic rings. The number of carbonyl (C=O) groups excluding carboxylic acids is 3. The molecular formula is C20H17NO5. The summed E-state index contributed by atoms with van der Waals surface area (Å²) in [4.78, 5) is 36.5. The molecule has 6 nitrogen and oxygen atoms in total. The largest absolute Gasteiger partial charge is 0.467 e. The molecule has 0 spiro atoms. The maximum Gasteiger partial charge on any atom is 0.341 e. The molecule has 0 saturated carbocycles. The summed E-state index contributed by atoms with van der Waals surface area (Å²) in [5.74, 6) is -1.43. The molecule has 26 heavy (non-hydrogen) atoms. The molecule has 1 atom stereocenters. The number of hydrogen-bond donors (Lipinski definition) is 1.